The van der Waals surface area contributed by atoms with Gasteiger partial charge in [-0.15, -0.1) is 0 Å². The fraction of sp³-hybridized carbons (Fsp3) is 0.938. The van der Waals surface area contributed by atoms with Gasteiger partial charge in [-0.2, -0.15) is 0 Å². The van der Waals surface area contributed by atoms with Gasteiger partial charge in [0.25, 0.3) is 0 Å². The molecule has 10 unspecified atom stereocenters. The number of ether oxygens (including phenoxy) is 2. The third-order valence-electron chi connectivity index (χ3n) is 12.1. The third-order valence-corrected chi connectivity index (χ3v) is 12.1. The smallest absolute Gasteiger partial charge is 0.309 e. The lowest BCUT2D eigenvalue weighted by atomic mass is 9.38. The number of rotatable bonds is 3. The number of aliphatic hydroxyl groups excluding tert-OH is 1. The summed E-state index contributed by atoms with van der Waals surface area (Å²) in [7, 11) is 2.68. The summed E-state index contributed by atoms with van der Waals surface area (Å²) in [5.41, 5.74) is 0.663. The predicted octanol–water partition coefficient (Wildman–Crippen LogP) is 6.38. The van der Waals surface area contributed by atoms with Crippen LogP contribution in [0.15, 0.2) is 0 Å². The van der Waals surface area contributed by atoms with E-state index in [4.69, 9.17) is 19.4 Å². The molecule has 1 heterocycles. The molecule has 0 aromatic carbocycles. The number of hydrogen-bond acceptors (Lipinski definition) is 5. The van der Waals surface area contributed by atoms with Gasteiger partial charge in [0, 0.05) is 14.2 Å². The minimum absolute atomic E-state index is 0.356. The monoisotopic (exact) mass is 536 g/mol. The molecule has 0 bridgehead atoms. The first-order chi connectivity index (χ1) is 18.2. The summed E-state index contributed by atoms with van der Waals surface area (Å²) in [6.07, 6.45) is 16.5. The van der Waals surface area contributed by atoms with Crippen LogP contribution in [-0.2, 0) is 19.1 Å². The standard InChI is InChI=1S/C25H40O2.C4H8O2.C2H4O.CH4O/c1-16-6-4-12-23(2)18(16)10-14-24(3)19-11-15-25(22(26)27)13-5-7-20(25)17(19)8-9-21(23)24;1-5-2-4-3-6-4;1-2-3;1-2/h16-21H,4-15H2,1-3H3,(H,26,27);4H,2-3H2,1H3;2H,1H3;2H,1H3. The maximum atomic E-state index is 12.3. The molecule has 0 amide bonds. The highest BCUT2D eigenvalue weighted by Crippen LogP contribution is 2.71. The average Bonchev–Trinajstić information content (AvgIpc) is 3.59. The Labute approximate surface area is 231 Å². The highest BCUT2D eigenvalue weighted by atomic mass is 16.6. The fourth-order valence-electron chi connectivity index (χ4n) is 10.6. The number of fused-ring (bicyclic) bond motifs is 7. The number of aliphatic carboxylic acids is 1. The minimum Gasteiger partial charge on any atom is -0.481 e. The molecular weight excluding hydrogens is 480 g/mol. The molecule has 0 spiro atoms. The predicted molar refractivity (Wildman–Crippen MR) is 150 cm³/mol. The normalized spacial score (nSPS) is 45.9. The number of carbonyl (C=O) groups is 2. The largest absolute Gasteiger partial charge is 0.481 e. The van der Waals surface area contributed by atoms with Gasteiger partial charge < -0.3 is 24.5 Å². The first-order valence-corrected chi connectivity index (χ1v) is 15.4. The van der Waals surface area contributed by atoms with Gasteiger partial charge in [-0.3, -0.25) is 4.79 Å². The number of carbonyl (C=O) groups excluding carboxylic acids is 1. The number of carboxylic acid groups (broad SMARTS) is 1. The van der Waals surface area contributed by atoms with Gasteiger partial charge in [-0.05, 0) is 111 Å². The van der Waals surface area contributed by atoms with Gasteiger partial charge in [0.15, 0.2) is 0 Å². The van der Waals surface area contributed by atoms with Gasteiger partial charge in [0.2, 0.25) is 0 Å². The molecule has 38 heavy (non-hydrogen) atoms. The molecular formula is C32H56O6. The maximum Gasteiger partial charge on any atom is 0.309 e. The van der Waals surface area contributed by atoms with Crippen LogP contribution in [0.1, 0.15) is 105 Å². The first kappa shape index (κ1) is 31.5. The van der Waals surface area contributed by atoms with Crippen molar-refractivity contribution in [1.29, 1.82) is 0 Å². The summed E-state index contributed by atoms with van der Waals surface area (Å²) in [5.74, 6) is 4.23. The molecule has 6 rings (SSSR count). The van der Waals surface area contributed by atoms with Crippen LogP contribution < -0.4 is 0 Å². The average molecular weight is 537 g/mol. The Morgan fingerprint density at radius 1 is 0.921 bits per heavy atom. The zero-order chi connectivity index (χ0) is 28.1. The van der Waals surface area contributed by atoms with Crippen LogP contribution in [0, 0.1) is 51.8 Å². The molecule has 0 aromatic heterocycles. The van der Waals surface area contributed by atoms with E-state index in [1.807, 2.05) is 0 Å². The van der Waals surface area contributed by atoms with Crippen molar-refractivity contribution in [2.45, 2.75) is 111 Å². The Hall–Kier alpha value is -0.980. The van der Waals surface area contributed by atoms with Gasteiger partial charge in [0.1, 0.15) is 12.4 Å². The van der Waals surface area contributed by atoms with Gasteiger partial charge in [-0.1, -0.05) is 40.0 Å². The van der Waals surface area contributed by atoms with E-state index in [0.717, 1.165) is 69.5 Å². The van der Waals surface area contributed by atoms with E-state index in [9.17, 15) is 9.90 Å². The van der Waals surface area contributed by atoms with Crippen molar-refractivity contribution in [1.82, 2.24) is 0 Å². The van der Waals surface area contributed by atoms with Crippen molar-refractivity contribution in [2.24, 2.45) is 51.8 Å². The highest BCUT2D eigenvalue weighted by molar-refractivity contribution is 5.75. The molecule has 2 N–H and O–H groups in total. The van der Waals surface area contributed by atoms with Crippen LogP contribution in [0.25, 0.3) is 0 Å². The molecule has 5 aliphatic carbocycles. The maximum absolute atomic E-state index is 12.3. The lowest BCUT2D eigenvalue weighted by Gasteiger charge is -2.67. The van der Waals surface area contributed by atoms with Crippen LogP contribution in [-0.4, -0.2) is 56.0 Å². The molecule has 6 heteroatoms. The number of aliphatic hydroxyl groups is 1. The molecule has 10 atom stereocenters. The molecule has 1 aliphatic heterocycles. The minimum atomic E-state index is -0.465. The molecule has 6 aliphatic rings. The van der Waals surface area contributed by atoms with E-state index in [0.29, 0.717) is 28.8 Å². The Kier molecular flexibility index (Phi) is 10.9. The van der Waals surface area contributed by atoms with Crippen molar-refractivity contribution >= 4 is 12.3 Å². The molecule has 0 radical (unpaired) electrons. The number of methoxy groups -OCH3 is 1. The summed E-state index contributed by atoms with van der Waals surface area (Å²) >= 11 is 0. The molecule has 6 fully saturated rings. The Bertz CT molecular complexity index is 782. The topological polar surface area (TPSA) is 96.4 Å². The highest BCUT2D eigenvalue weighted by Gasteiger charge is 2.65. The molecule has 1 saturated heterocycles. The number of epoxide rings is 1. The van der Waals surface area contributed by atoms with Gasteiger partial charge in [-0.25, -0.2) is 0 Å². The fourth-order valence-corrected chi connectivity index (χ4v) is 10.6. The third kappa shape index (κ3) is 5.74. The summed E-state index contributed by atoms with van der Waals surface area (Å²) in [4.78, 5) is 21.1. The van der Waals surface area contributed by atoms with E-state index in [-0.39, 0.29) is 5.41 Å². The second-order valence-electron chi connectivity index (χ2n) is 13.6. The number of hydrogen-bond donors (Lipinski definition) is 2. The van der Waals surface area contributed by atoms with Crippen molar-refractivity contribution in [3.05, 3.63) is 0 Å². The van der Waals surface area contributed by atoms with Crippen LogP contribution in [0.3, 0.4) is 0 Å². The van der Waals surface area contributed by atoms with Crippen LogP contribution in [0.4, 0.5) is 0 Å². The zero-order valence-electron chi connectivity index (χ0n) is 25.0. The molecule has 6 nitrogen and oxygen atoms in total. The Morgan fingerprint density at radius 2 is 1.53 bits per heavy atom. The summed E-state index contributed by atoms with van der Waals surface area (Å²) in [5, 5.41) is 17.1. The molecule has 220 valence electrons. The van der Waals surface area contributed by atoms with Crippen LogP contribution in [0.2, 0.25) is 0 Å². The van der Waals surface area contributed by atoms with E-state index in [1.165, 1.54) is 64.7 Å². The lowest BCUT2D eigenvalue weighted by Crippen LogP contribution is -2.60. The van der Waals surface area contributed by atoms with E-state index >= 15 is 0 Å². The van der Waals surface area contributed by atoms with E-state index in [1.54, 1.807) is 7.11 Å². The second-order valence-corrected chi connectivity index (χ2v) is 13.6. The quantitative estimate of drug-likeness (QED) is 0.321. The van der Waals surface area contributed by atoms with E-state index < -0.39 is 5.97 Å². The second kappa shape index (κ2) is 13.1. The van der Waals surface area contributed by atoms with Crippen LogP contribution >= 0.6 is 0 Å². The SMILES string of the molecule is CC1CCCC2(C)C1CCC1(C)C3CCC4(C(=O)O)CCCC4C3CCC21.CC=O.CO.COCC1CO1. The Morgan fingerprint density at radius 3 is 2.11 bits per heavy atom. The van der Waals surface area contributed by atoms with Crippen molar-refractivity contribution in [2.75, 3.05) is 27.4 Å². The number of carboxylic acids is 1. The van der Waals surface area contributed by atoms with E-state index in [2.05, 4.69) is 20.8 Å². The number of aldehydes is 1. The summed E-state index contributed by atoms with van der Waals surface area (Å²) < 4.78 is 9.56. The lowest BCUT2D eigenvalue weighted by molar-refractivity contribution is -0.190. The first-order valence-electron chi connectivity index (χ1n) is 15.4. The summed E-state index contributed by atoms with van der Waals surface area (Å²) in [6, 6.07) is 0. The molecule has 0 aromatic rings. The Balaban J connectivity index is 0.000000309. The summed E-state index contributed by atoms with van der Waals surface area (Å²) in [6.45, 7) is 10.9. The van der Waals surface area contributed by atoms with Gasteiger partial charge in [0.05, 0.1) is 18.6 Å². The molecule has 5 saturated carbocycles. The van der Waals surface area contributed by atoms with Crippen molar-refractivity contribution < 1.29 is 29.3 Å². The van der Waals surface area contributed by atoms with Gasteiger partial charge >= 0.3 is 5.97 Å². The van der Waals surface area contributed by atoms with Crippen molar-refractivity contribution in [3.8, 4) is 0 Å². The van der Waals surface area contributed by atoms with Crippen molar-refractivity contribution in [3.63, 3.8) is 0 Å². The van der Waals surface area contributed by atoms with Crippen LogP contribution in [0.5, 0.6) is 0 Å². The zero-order valence-corrected chi connectivity index (χ0v) is 25.0.